The summed E-state index contributed by atoms with van der Waals surface area (Å²) >= 11 is 1.21. The van der Waals surface area contributed by atoms with Crippen LogP contribution in [0.3, 0.4) is 0 Å². The average Bonchev–Trinajstić information content (AvgIpc) is 2.45. The Balaban J connectivity index is 2.24. The molecule has 0 atom stereocenters. The van der Waals surface area contributed by atoms with Gasteiger partial charge in [0.2, 0.25) is 0 Å². The van der Waals surface area contributed by atoms with Crippen LogP contribution < -0.4 is 4.87 Å². The minimum Gasteiger partial charge on any atom is -0.306 e. The van der Waals surface area contributed by atoms with Gasteiger partial charge in [0.1, 0.15) is 5.78 Å². The van der Waals surface area contributed by atoms with E-state index in [4.69, 9.17) is 0 Å². The summed E-state index contributed by atoms with van der Waals surface area (Å²) < 4.78 is 1.69. The van der Waals surface area contributed by atoms with E-state index in [1.54, 1.807) is 23.1 Å². The lowest BCUT2D eigenvalue weighted by atomic mass is 10.2. The van der Waals surface area contributed by atoms with E-state index in [1.807, 2.05) is 0 Å². The zero-order valence-electron chi connectivity index (χ0n) is 7.66. The van der Waals surface area contributed by atoms with Crippen LogP contribution in [0.25, 0.3) is 0 Å². The minimum atomic E-state index is 0.0859. The van der Waals surface area contributed by atoms with Gasteiger partial charge in [0, 0.05) is 24.5 Å². The van der Waals surface area contributed by atoms with Crippen LogP contribution in [0.4, 0.5) is 0 Å². The number of Topliss-reactive ketones (excluding diaryl/α,β-unsaturated/α-hetero) is 1. The minimum absolute atomic E-state index is 0.0859. The van der Waals surface area contributed by atoms with Crippen molar-refractivity contribution < 1.29 is 4.79 Å². The number of hydrogen-bond acceptors (Lipinski definition) is 3. The molecule has 13 heavy (non-hydrogen) atoms. The third kappa shape index (κ3) is 3.55. The van der Waals surface area contributed by atoms with Crippen molar-refractivity contribution in [2.75, 3.05) is 0 Å². The highest BCUT2D eigenvalue weighted by molar-refractivity contribution is 7.07. The molecular formula is C9H13NO2S. The quantitative estimate of drug-likeness (QED) is 0.677. The summed E-state index contributed by atoms with van der Waals surface area (Å²) in [6.07, 6.45) is 4.19. The van der Waals surface area contributed by atoms with Gasteiger partial charge in [-0.3, -0.25) is 4.79 Å². The van der Waals surface area contributed by atoms with Gasteiger partial charge in [0.05, 0.1) is 0 Å². The number of ketones is 1. The molecule has 0 amide bonds. The molecule has 4 heteroatoms. The first-order valence-electron chi connectivity index (χ1n) is 4.33. The predicted molar refractivity (Wildman–Crippen MR) is 53.1 cm³/mol. The molecule has 0 aromatic carbocycles. The maximum Gasteiger partial charge on any atom is 0.307 e. The van der Waals surface area contributed by atoms with Gasteiger partial charge in [-0.25, -0.2) is 0 Å². The lowest BCUT2D eigenvalue weighted by molar-refractivity contribution is -0.117. The molecule has 0 aliphatic heterocycles. The number of carbonyl (C=O) groups is 1. The summed E-state index contributed by atoms with van der Waals surface area (Å²) in [5.74, 6) is 0.220. The van der Waals surface area contributed by atoms with Gasteiger partial charge in [-0.2, -0.15) is 0 Å². The fourth-order valence-corrected chi connectivity index (χ4v) is 1.72. The highest BCUT2D eigenvalue weighted by Crippen LogP contribution is 1.99. The van der Waals surface area contributed by atoms with Gasteiger partial charge in [0.25, 0.3) is 0 Å². The van der Waals surface area contributed by atoms with E-state index in [2.05, 4.69) is 0 Å². The van der Waals surface area contributed by atoms with Crippen molar-refractivity contribution in [2.24, 2.45) is 0 Å². The fraction of sp³-hybridized carbons (Fsp3) is 0.556. The largest absolute Gasteiger partial charge is 0.307 e. The Kier molecular flexibility index (Phi) is 3.89. The molecule has 0 radical (unpaired) electrons. The van der Waals surface area contributed by atoms with Gasteiger partial charge in [-0.15, -0.1) is 0 Å². The number of carbonyl (C=O) groups excluding carboxylic acids is 1. The van der Waals surface area contributed by atoms with Crippen LogP contribution in [-0.4, -0.2) is 10.4 Å². The molecule has 1 heterocycles. The first-order chi connectivity index (χ1) is 6.20. The summed E-state index contributed by atoms with van der Waals surface area (Å²) in [5.41, 5.74) is 0. The number of rotatable bonds is 5. The van der Waals surface area contributed by atoms with Crippen LogP contribution in [0.2, 0.25) is 0 Å². The van der Waals surface area contributed by atoms with Crippen molar-refractivity contribution >= 4 is 17.1 Å². The number of aryl methyl sites for hydroxylation is 1. The van der Waals surface area contributed by atoms with Crippen LogP contribution in [0.1, 0.15) is 26.2 Å². The third-order valence-electron chi connectivity index (χ3n) is 1.82. The van der Waals surface area contributed by atoms with Gasteiger partial charge >= 0.3 is 4.87 Å². The van der Waals surface area contributed by atoms with Gasteiger partial charge in [-0.1, -0.05) is 11.3 Å². The normalized spacial score (nSPS) is 10.2. The average molecular weight is 199 g/mol. The van der Waals surface area contributed by atoms with E-state index in [0.717, 1.165) is 19.4 Å². The van der Waals surface area contributed by atoms with Crippen molar-refractivity contribution in [1.29, 1.82) is 0 Å². The second-order valence-electron chi connectivity index (χ2n) is 3.02. The molecular weight excluding hydrogens is 186 g/mol. The summed E-state index contributed by atoms with van der Waals surface area (Å²) in [6.45, 7) is 2.33. The lowest BCUT2D eigenvalue weighted by Gasteiger charge is -1.99. The van der Waals surface area contributed by atoms with E-state index in [1.165, 1.54) is 11.3 Å². The molecule has 0 aliphatic carbocycles. The highest BCUT2D eigenvalue weighted by Gasteiger charge is 1.97. The predicted octanol–water partition coefficient (Wildman–Crippen LogP) is 1.67. The standard InChI is InChI=1S/C9H13NO2S/c1-8(11)4-2-3-5-10-6-7-13-9(10)12/h6-7H,2-5H2,1H3. The van der Waals surface area contributed by atoms with E-state index in [-0.39, 0.29) is 10.7 Å². The molecule has 0 N–H and O–H groups in total. The molecule has 72 valence electrons. The topological polar surface area (TPSA) is 39.1 Å². The third-order valence-corrected chi connectivity index (χ3v) is 2.52. The highest BCUT2D eigenvalue weighted by atomic mass is 32.1. The molecule has 1 aromatic heterocycles. The number of unbranched alkanes of at least 4 members (excludes halogenated alkanes) is 1. The zero-order chi connectivity index (χ0) is 9.68. The smallest absolute Gasteiger partial charge is 0.306 e. The van der Waals surface area contributed by atoms with Crippen LogP contribution >= 0.6 is 11.3 Å². The Bertz CT molecular complexity index is 326. The first-order valence-corrected chi connectivity index (χ1v) is 5.21. The van der Waals surface area contributed by atoms with E-state index < -0.39 is 0 Å². The Hall–Kier alpha value is -0.900. The SMILES string of the molecule is CC(=O)CCCCn1ccsc1=O. The number of nitrogens with zero attached hydrogens (tertiary/aromatic N) is 1. The van der Waals surface area contributed by atoms with Crippen molar-refractivity contribution in [1.82, 2.24) is 4.57 Å². The summed E-state index contributed by atoms with van der Waals surface area (Å²) in [4.78, 5) is 21.8. The first kappa shape index (κ1) is 10.2. The van der Waals surface area contributed by atoms with Crippen LogP contribution in [0, 0.1) is 0 Å². The molecule has 1 rings (SSSR count). The molecule has 1 aromatic rings. The molecule has 0 unspecified atom stereocenters. The Morgan fingerprint density at radius 2 is 2.31 bits per heavy atom. The second kappa shape index (κ2) is 4.97. The maximum atomic E-state index is 11.1. The van der Waals surface area contributed by atoms with Gasteiger partial charge < -0.3 is 9.36 Å². The van der Waals surface area contributed by atoms with Crippen molar-refractivity contribution in [3.05, 3.63) is 21.2 Å². The number of aromatic nitrogens is 1. The van der Waals surface area contributed by atoms with E-state index >= 15 is 0 Å². The molecule has 0 saturated carbocycles. The van der Waals surface area contributed by atoms with Crippen molar-refractivity contribution in [3.63, 3.8) is 0 Å². The zero-order valence-corrected chi connectivity index (χ0v) is 8.47. The fourth-order valence-electron chi connectivity index (χ4n) is 1.11. The molecule has 0 fully saturated rings. The van der Waals surface area contributed by atoms with E-state index in [9.17, 15) is 9.59 Å². The van der Waals surface area contributed by atoms with Crippen molar-refractivity contribution in [3.8, 4) is 0 Å². The molecule has 0 bridgehead atoms. The molecule has 3 nitrogen and oxygen atoms in total. The second-order valence-corrected chi connectivity index (χ2v) is 3.88. The Labute approximate surface area is 81.0 Å². The maximum absolute atomic E-state index is 11.1. The summed E-state index contributed by atoms with van der Waals surface area (Å²) in [5, 5.41) is 1.79. The van der Waals surface area contributed by atoms with Gasteiger partial charge in [-0.05, 0) is 19.8 Å². The number of thiazole rings is 1. The van der Waals surface area contributed by atoms with E-state index in [0.29, 0.717) is 6.42 Å². The molecule has 0 spiro atoms. The van der Waals surface area contributed by atoms with Crippen LogP contribution in [0.15, 0.2) is 16.4 Å². The van der Waals surface area contributed by atoms with Gasteiger partial charge in [0.15, 0.2) is 0 Å². The number of hydrogen-bond donors (Lipinski definition) is 0. The monoisotopic (exact) mass is 199 g/mol. The Morgan fingerprint density at radius 1 is 1.54 bits per heavy atom. The lowest BCUT2D eigenvalue weighted by Crippen LogP contribution is -2.11. The Morgan fingerprint density at radius 3 is 2.85 bits per heavy atom. The molecule has 0 saturated heterocycles. The summed E-state index contributed by atoms with van der Waals surface area (Å²) in [7, 11) is 0. The van der Waals surface area contributed by atoms with Crippen LogP contribution in [0.5, 0.6) is 0 Å². The summed E-state index contributed by atoms with van der Waals surface area (Å²) in [6, 6.07) is 0. The molecule has 0 aliphatic rings. The van der Waals surface area contributed by atoms with Crippen LogP contribution in [-0.2, 0) is 11.3 Å². The van der Waals surface area contributed by atoms with Crippen molar-refractivity contribution in [2.45, 2.75) is 32.7 Å².